The molecule has 1 amide bonds. The van der Waals surface area contributed by atoms with Crippen LogP contribution in [0.2, 0.25) is 0 Å². The number of hydrogen-bond donors (Lipinski definition) is 2. The fourth-order valence-corrected chi connectivity index (χ4v) is 5.05. The Labute approximate surface area is 176 Å². The number of carbonyl (C=O) groups is 1. The quantitative estimate of drug-likeness (QED) is 0.718. The van der Waals surface area contributed by atoms with Gasteiger partial charge in [-0.05, 0) is 43.5 Å². The SMILES string of the molecule is CC(C)(C)c1csc(NC(=O)CS(=O)(=O)Nc2ccc(N3CCCCC3)cc2)n1. The molecule has 1 aromatic carbocycles. The summed E-state index contributed by atoms with van der Waals surface area (Å²) in [6.45, 7) is 8.13. The normalized spacial score (nSPS) is 15.2. The minimum Gasteiger partial charge on any atom is -0.372 e. The summed E-state index contributed by atoms with van der Waals surface area (Å²) in [4.78, 5) is 18.8. The van der Waals surface area contributed by atoms with Crippen LogP contribution in [0, 0.1) is 0 Å². The fourth-order valence-electron chi connectivity index (χ4n) is 3.11. The number of benzene rings is 1. The first-order chi connectivity index (χ1) is 13.6. The zero-order chi connectivity index (χ0) is 21.1. The van der Waals surface area contributed by atoms with Crippen LogP contribution in [0.15, 0.2) is 29.6 Å². The van der Waals surface area contributed by atoms with Gasteiger partial charge in [-0.15, -0.1) is 11.3 Å². The molecule has 2 N–H and O–H groups in total. The van der Waals surface area contributed by atoms with Gasteiger partial charge in [0, 0.05) is 35.3 Å². The topological polar surface area (TPSA) is 91.4 Å². The Morgan fingerprint density at radius 2 is 1.79 bits per heavy atom. The Morgan fingerprint density at radius 3 is 2.38 bits per heavy atom. The van der Waals surface area contributed by atoms with E-state index in [1.54, 1.807) is 12.1 Å². The Morgan fingerprint density at radius 1 is 1.14 bits per heavy atom. The monoisotopic (exact) mass is 436 g/mol. The highest BCUT2D eigenvalue weighted by molar-refractivity contribution is 7.93. The minimum absolute atomic E-state index is 0.131. The van der Waals surface area contributed by atoms with Crippen molar-refractivity contribution < 1.29 is 13.2 Å². The molecule has 0 radical (unpaired) electrons. The fraction of sp³-hybridized carbons (Fsp3) is 0.500. The molecule has 3 rings (SSSR count). The van der Waals surface area contributed by atoms with Crippen molar-refractivity contribution in [3.8, 4) is 0 Å². The lowest BCUT2D eigenvalue weighted by Crippen LogP contribution is -2.29. The molecule has 9 heteroatoms. The number of sulfonamides is 1. The Bertz CT molecular complexity index is 941. The largest absolute Gasteiger partial charge is 0.372 e. The maximum Gasteiger partial charge on any atom is 0.243 e. The van der Waals surface area contributed by atoms with E-state index < -0.39 is 21.7 Å². The highest BCUT2D eigenvalue weighted by Gasteiger charge is 2.21. The smallest absolute Gasteiger partial charge is 0.243 e. The third-order valence-electron chi connectivity index (χ3n) is 4.70. The van der Waals surface area contributed by atoms with Crippen LogP contribution in [-0.2, 0) is 20.2 Å². The standard InChI is InChI=1S/C20H28N4O3S2/c1-20(2,3)17-13-28-19(21-17)22-18(25)14-29(26,27)23-15-7-9-16(10-8-15)24-11-5-4-6-12-24/h7-10,13,23H,4-6,11-12,14H2,1-3H3,(H,21,22,25). The molecular formula is C20H28N4O3S2. The summed E-state index contributed by atoms with van der Waals surface area (Å²) in [5.74, 6) is -1.28. The lowest BCUT2D eigenvalue weighted by Gasteiger charge is -2.28. The summed E-state index contributed by atoms with van der Waals surface area (Å²) >= 11 is 1.29. The lowest BCUT2D eigenvalue weighted by atomic mass is 9.93. The van der Waals surface area contributed by atoms with E-state index in [9.17, 15) is 13.2 Å². The molecule has 1 aliphatic rings. The number of anilines is 3. The summed E-state index contributed by atoms with van der Waals surface area (Å²) < 4.78 is 27.2. The second-order valence-corrected chi connectivity index (χ2v) is 10.9. The number of nitrogens with one attached hydrogen (secondary N) is 2. The van der Waals surface area contributed by atoms with Gasteiger partial charge in [0.15, 0.2) is 5.13 Å². The van der Waals surface area contributed by atoms with Gasteiger partial charge in [0.1, 0.15) is 5.75 Å². The van der Waals surface area contributed by atoms with Gasteiger partial charge in [-0.2, -0.15) is 0 Å². The number of thiazole rings is 1. The summed E-state index contributed by atoms with van der Waals surface area (Å²) in [7, 11) is -3.81. The molecule has 1 saturated heterocycles. The molecule has 1 aliphatic heterocycles. The van der Waals surface area contributed by atoms with Crippen molar-refractivity contribution in [2.24, 2.45) is 0 Å². The Kier molecular flexibility index (Phi) is 6.48. The maximum absolute atomic E-state index is 12.4. The van der Waals surface area contributed by atoms with Crippen molar-refractivity contribution in [1.29, 1.82) is 0 Å². The van der Waals surface area contributed by atoms with E-state index in [2.05, 4.69) is 19.9 Å². The van der Waals surface area contributed by atoms with E-state index >= 15 is 0 Å². The van der Waals surface area contributed by atoms with Crippen LogP contribution in [0.4, 0.5) is 16.5 Å². The second kappa shape index (κ2) is 8.71. The number of hydrogen-bond acceptors (Lipinski definition) is 6. The molecule has 0 aliphatic carbocycles. The van der Waals surface area contributed by atoms with Crippen LogP contribution >= 0.6 is 11.3 Å². The second-order valence-electron chi connectivity index (χ2n) is 8.29. The number of nitrogens with zero attached hydrogens (tertiary/aromatic N) is 2. The van der Waals surface area contributed by atoms with Crippen molar-refractivity contribution in [1.82, 2.24) is 4.98 Å². The summed E-state index contributed by atoms with van der Waals surface area (Å²) in [5.41, 5.74) is 2.26. The molecule has 1 fully saturated rings. The Balaban J connectivity index is 1.56. The number of amides is 1. The van der Waals surface area contributed by atoms with Gasteiger partial charge >= 0.3 is 0 Å². The van der Waals surface area contributed by atoms with Gasteiger partial charge in [-0.1, -0.05) is 20.8 Å². The molecule has 29 heavy (non-hydrogen) atoms. The molecule has 158 valence electrons. The van der Waals surface area contributed by atoms with Crippen molar-refractivity contribution in [2.45, 2.75) is 45.4 Å². The molecule has 0 atom stereocenters. The van der Waals surface area contributed by atoms with E-state index in [-0.39, 0.29) is 5.41 Å². The molecule has 2 aromatic rings. The van der Waals surface area contributed by atoms with Crippen LogP contribution in [0.5, 0.6) is 0 Å². The third kappa shape index (κ3) is 6.17. The van der Waals surface area contributed by atoms with Crippen LogP contribution in [0.25, 0.3) is 0 Å². The van der Waals surface area contributed by atoms with E-state index in [1.165, 1.54) is 30.6 Å². The van der Waals surface area contributed by atoms with Gasteiger partial charge in [0.25, 0.3) is 0 Å². The lowest BCUT2D eigenvalue weighted by molar-refractivity contribution is -0.113. The van der Waals surface area contributed by atoms with Crippen LogP contribution < -0.4 is 14.9 Å². The van der Waals surface area contributed by atoms with Gasteiger partial charge in [-0.3, -0.25) is 9.52 Å². The van der Waals surface area contributed by atoms with Gasteiger partial charge in [0.05, 0.1) is 5.69 Å². The number of rotatable bonds is 6. The van der Waals surface area contributed by atoms with Crippen molar-refractivity contribution in [3.63, 3.8) is 0 Å². The first kappa shape index (κ1) is 21.6. The van der Waals surface area contributed by atoms with Crippen LogP contribution in [-0.4, -0.2) is 38.2 Å². The number of carbonyl (C=O) groups excluding carboxylic acids is 1. The first-order valence-electron chi connectivity index (χ1n) is 9.74. The average Bonchev–Trinajstić information content (AvgIpc) is 3.11. The van der Waals surface area contributed by atoms with Crippen molar-refractivity contribution in [3.05, 3.63) is 35.3 Å². The third-order valence-corrected chi connectivity index (χ3v) is 6.65. The molecular weight excluding hydrogens is 408 g/mol. The van der Waals surface area contributed by atoms with Gasteiger partial charge in [-0.25, -0.2) is 13.4 Å². The molecule has 0 bridgehead atoms. The highest BCUT2D eigenvalue weighted by atomic mass is 32.2. The molecule has 2 heterocycles. The van der Waals surface area contributed by atoms with Crippen molar-refractivity contribution >= 4 is 43.8 Å². The molecule has 0 spiro atoms. The zero-order valence-electron chi connectivity index (χ0n) is 17.1. The van der Waals surface area contributed by atoms with Crippen LogP contribution in [0.3, 0.4) is 0 Å². The minimum atomic E-state index is -3.81. The zero-order valence-corrected chi connectivity index (χ0v) is 18.7. The number of aromatic nitrogens is 1. The highest BCUT2D eigenvalue weighted by Crippen LogP contribution is 2.26. The van der Waals surface area contributed by atoms with E-state index in [1.807, 2.05) is 38.3 Å². The maximum atomic E-state index is 12.4. The first-order valence-corrected chi connectivity index (χ1v) is 12.3. The van der Waals surface area contributed by atoms with Crippen LogP contribution in [0.1, 0.15) is 45.7 Å². The summed E-state index contributed by atoms with van der Waals surface area (Å²) in [6.07, 6.45) is 3.62. The molecule has 7 nitrogen and oxygen atoms in total. The van der Waals surface area contributed by atoms with E-state index in [0.717, 1.165) is 24.5 Å². The molecule has 0 saturated carbocycles. The van der Waals surface area contributed by atoms with E-state index in [0.29, 0.717) is 10.8 Å². The summed E-state index contributed by atoms with van der Waals surface area (Å²) in [5, 5.41) is 4.84. The average molecular weight is 437 g/mol. The van der Waals surface area contributed by atoms with Gasteiger partial charge < -0.3 is 10.2 Å². The predicted molar refractivity (Wildman–Crippen MR) is 119 cm³/mol. The number of piperidine rings is 1. The van der Waals surface area contributed by atoms with Gasteiger partial charge in [0.2, 0.25) is 15.9 Å². The predicted octanol–water partition coefficient (Wildman–Crippen LogP) is 3.81. The summed E-state index contributed by atoms with van der Waals surface area (Å²) in [6, 6.07) is 7.28. The molecule has 1 aromatic heterocycles. The van der Waals surface area contributed by atoms with E-state index in [4.69, 9.17) is 0 Å². The Hall–Kier alpha value is -2.13. The van der Waals surface area contributed by atoms with Crippen molar-refractivity contribution in [2.75, 3.05) is 33.8 Å². The molecule has 0 unspecified atom stereocenters.